The van der Waals surface area contributed by atoms with Crippen LogP contribution in [-0.2, 0) is 65.4 Å². The minimum atomic E-state index is -4.97. The van der Waals surface area contributed by atoms with Gasteiger partial charge in [-0.15, -0.1) is 0 Å². The summed E-state index contributed by atoms with van der Waals surface area (Å²) in [5, 5.41) is 10.7. The average Bonchev–Trinajstić information content (AvgIpc) is 0.918. The molecule has 19 heteroatoms. The standard InChI is InChI=1S/C84H164O17P2/c1-8-11-12-13-14-15-16-17-18-19-27-32-37-46-53-60-67-84(89)101-80(72-95-82(87)66-59-52-45-40-39-41-48-55-62-75(4)5)74-99-103(92,93)97-70-78(85)69-96-102(90,91)98-73-79(100-83(88)68-61-54-47-38-33-28-23-21-25-30-35-43-50-57-64-77(7)10-3)71-94-81(86)65-58-51-44-36-31-26-22-20-24-29-34-42-49-56-63-76(6)9-2/h75-80,85H,8-74H2,1-7H3,(H,90,91)(H,92,93)/t76?,77?,78-,79-,80-/m1/s1. The number of carbonyl (C=O) groups excluding carboxylic acids is 4. The highest BCUT2D eigenvalue weighted by atomic mass is 31.2. The van der Waals surface area contributed by atoms with Gasteiger partial charge in [-0.1, -0.05) is 389 Å². The molecule has 0 amide bonds. The number of rotatable bonds is 82. The molecule has 612 valence electrons. The summed E-state index contributed by atoms with van der Waals surface area (Å²) in [7, 11) is -9.93. The van der Waals surface area contributed by atoms with E-state index in [2.05, 4.69) is 48.5 Å². The Bertz CT molecular complexity index is 2000. The summed E-state index contributed by atoms with van der Waals surface area (Å²) >= 11 is 0. The third-order valence-electron chi connectivity index (χ3n) is 20.4. The van der Waals surface area contributed by atoms with E-state index in [1.807, 2.05) is 0 Å². The first kappa shape index (κ1) is 101. The van der Waals surface area contributed by atoms with E-state index in [0.29, 0.717) is 25.7 Å². The number of aliphatic hydroxyl groups excluding tert-OH is 1. The van der Waals surface area contributed by atoms with E-state index in [1.54, 1.807) is 0 Å². The van der Waals surface area contributed by atoms with Crippen LogP contribution in [0.3, 0.4) is 0 Å². The molecule has 0 radical (unpaired) electrons. The number of unbranched alkanes of at least 4 members (excludes halogenated alkanes) is 48. The highest BCUT2D eigenvalue weighted by Gasteiger charge is 2.30. The molecule has 0 spiro atoms. The Labute approximate surface area is 632 Å². The number of esters is 4. The molecule has 0 aliphatic heterocycles. The Morgan fingerprint density at radius 1 is 0.282 bits per heavy atom. The minimum Gasteiger partial charge on any atom is -0.462 e. The fourth-order valence-electron chi connectivity index (χ4n) is 13.0. The van der Waals surface area contributed by atoms with Crippen molar-refractivity contribution in [1.82, 2.24) is 0 Å². The smallest absolute Gasteiger partial charge is 0.462 e. The van der Waals surface area contributed by atoms with Gasteiger partial charge in [-0.25, -0.2) is 9.13 Å². The third kappa shape index (κ3) is 75.3. The average molecular weight is 1510 g/mol. The van der Waals surface area contributed by atoms with Crippen molar-refractivity contribution in [2.75, 3.05) is 39.6 Å². The largest absolute Gasteiger partial charge is 0.472 e. The van der Waals surface area contributed by atoms with E-state index < -0.39 is 97.5 Å². The van der Waals surface area contributed by atoms with Crippen molar-refractivity contribution >= 4 is 39.5 Å². The third-order valence-corrected chi connectivity index (χ3v) is 22.3. The van der Waals surface area contributed by atoms with Crippen LogP contribution in [0.2, 0.25) is 0 Å². The molecule has 0 aromatic carbocycles. The Hall–Kier alpha value is -1.94. The SMILES string of the molecule is CCCCCCCCCCCCCCCCCCC(=O)O[C@H](COC(=O)CCCCCCCCCCC(C)C)COP(=O)(O)OC[C@H](O)COP(=O)(O)OC[C@@H](COC(=O)CCCCCCCCCCCCCCCCC(C)CC)OC(=O)CCCCCCCCCCCCCCCCC(C)CC. The molecule has 0 saturated carbocycles. The zero-order valence-electron chi connectivity index (χ0n) is 67.8. The fraction of sp³-hybridized carbons (Fsp3) is 0.952. The zero-order chi connectivity index (χ0) is 75.8. The first-order valence-corrected chi connectivity index (χ1v) is 46.4. The maximum absolute atomic E-state index is 13.1. The maximum atomic E-state index is 13.1. The summed E-state index contributed by atoms with van der Waals surface area (Å²) < 4.78 is 68.9. The van der Waals surface area contributed by atoms with Crippen molar-refractivity contribution < 1.29 is 80.2 Å². The van der Waals surface area contributed by atoms with Crippen LogP contribution in [0.5, 0.6) is 0 Å². The second-order valence-corrected chi connectivity index (χ2v) is 34.1. The van der Waals surface area contributed by atoms with Crippen LogP contribution in [0.15, 0.2) is 0 Å². The highest BCUT2D eigenvalue weighted by Crippen LogP contribution is 2.45. The second kappa shape index (κ2) is 74.2. The van der Waals surface area contributed by atoms with Gasteiger partial charge in [-0.3, -0.25) is 37.3 Å². The quantitative estimate of drug-likeness (QED) is 0.0222. The molecular weight excluding hydrogens is 1340 g/mol. The van der Waals surface area contributed by atoms with Gasteiger partial charge in [-0.05, 0) is 43.4 Å². The number of aliphatic hydroxyl groups is 1. The van der Waals surface area contributed by atoms with Crippen molar-refractivity contribution in [3.63, 3.8) is 0 Å². The van der Waals surface area contributed by atoms with Gasteiger partial charge in [0.15, 0.2) is 12.2 Å². The van der Waals surface area contributed by atoms with Crippen molar-refractivity contribution in [3.8, 4) is 0 Å². The molecule has 0 heterocycles. The van der Waals surface area contributed by atoms with Gasteiger partial charge in [0.1, 0.15) is 19.3 Å². The number of carbonyl (C=O) groups is 4. The lowest BCUT2D eigenvalue weighted by molar-refractivity contribution is -0.161. The van der Waals surface area contributed by atoms with Gasteiger partial charge >= 0.3 is 39.5 Å². The number of hydrogen-bond acceptors (Lipinski definition) is 15. The predicted molar refractivity (Wildman–Crippen MR) is 423 cm³/mol. The van der Waals surface area contributed by atoms with Crippen LogP contribution in [0.1, 0.15) is 440 Å². The zero-order valence-corrected chi connectivity index (χ0v) is 69.6. The molecule has 0 bridgehead atoms. The first-order chi connectivity index (χ1) is 49.8. The van der Waals surface area contributed by atoms with E-state index in [4.69, 9.17) is 37.0 Å². The van der Waals surface area contributed by atoms with E-state index in [-0.39, 0.29) is 25.7 Å². The Balaban J connectivity index is 5.26. The molecule has 0 rings (SSSR count). The van der Waals surface area contributed by atoms with Gasteiger partial charge < -0.3 is 33.8 Å². The van der Waals surface area contributed by atoms with Crippen LogP contribution < -0.4 is 0 Å². The lowest BCUT2D eigenvalue weighted by Crippen LogP contribution is -2.30. The van der Waals surface area contributed by atoms with Crippen LogP contribution in [0, 0.1) is 17.8 Å². The molecule has 0 aromatic rings. The molecule has 0 saturated heterocycles. The molecule has 0 aromatic heterocycles. The Morgan fingerprint density at radius 3 is 0.738 bits per heavy atom. The molecule has 4 unspecified atom stereocenters. The Kier molecular flexibility index (Phi) is 72.8. The summed E-state index contributed by atoms with van der Waals surface area (Å²) in [6.45, 7) is 12.0. The lowest BCUT2D eigenvalue weighted by atomic mass is 9.99. The number of ether oxygens (including phenoxy) is 4. The highest BCUT2D eigenvalue weighted by molar-refractivity contribution is 7.47. The number of phosphoric acid groups is 2. The molecule has 0 fully saturated rings. The van der Waals surface area contributed by atoms with Crippen molar-refractivity contribution in [2.45, 2.75) is 458 Å². The molecule has 3 N–H and O–H groups in total. The molecule has 0 aliphatic rings. The molecule has 17 nitrogen and oxygen atoms in total. The van der Waals surface area contributed by atoms with Crippen molar-refractivity contribution in [1.29, 1.82) is 0 Å². The normalized spacial score (nSPS) is 14.4. The van der Waals surface area contributed by atoms with Crippen molar-refractivity contribution in [3.05, 3.63) is 0 Å². The van der Waals surface area contributed by atoms with E-state index in [0.717, 1.165) is 108 Å². The summed E-state index contributed by atoms with van der Waals surface area (Å²) in [6, 6.07) is 0. The van der Waals surface area contributed by atoms with Gasteiger partial charge in [0, 0.05) is 25.7 Å². The van der Waals surface area contributed by atoms with Crippen molar-refractivity contribution in [2.24, 2.45) is 17.8 Å². The monoisotopic (exact) mass is 1510 g/mol. The van der Waals surface area contributed by atoms with Gasteiger partial charge in [0.25, 0.3) is 0 Å². The summed E-state index contributed by atoms with van der Waals surface area (Å²) in [5.74, 6) is 0.316. The lowest BCUT2D eigenvalue weighted by Gasteiger charge is -2.21. The van der Waals surface area contributed by atoms with Crippen LogP contribution in [0.4, 0.5) is 0 Å². The molecule has 0 aliphatic carbocycles. The fourth-order valence-corrected chi connectivity index (χ4v) is 14.5. The van der Waals surface area contributed by atoms with Gasteiger partial charge in [-0.2, -0.15) is 0 Å². The van der Waals surface area contributed by atoms with Gasteiger partial charge in [0.2, 0.25) is 0 Å². The second-order valence-electron chi connectivity index (χ2n) is 31.2. The predicted octanol–water partition coefficient (Wildman–Crippen LogP) is 25.3. The molecule has 103 heavy (non-hydrogen) atoms. The van der Waals surface area contributed by atoms with E-state index in [9.17, 15) is 43.2 Å². The molecule has 7 atom stereocenters. The van der Waals surface area contributed by atoms with E-state index >= 15 is 0 Å². The Morgan fingerprint density at radius 2 is 0.495 bits per heavy atom. The maximum Gasteiger partial charge on any atom is 0.472 e. The molecular formula is C84H164O17P2. The summed E-state index contributed by atoms with van der Waals surface area (Å²) in [4.78, 5) is 73.2. The number of phosphoric ester groups is 2. The topological polar surface area (TPSA) is 237 Å². The van der Waals surface area contributed by atoms with E-state index in [1.165, 1.54) is 250 Å². The number of hydrogen-bond donors (Lipinski definition) is 3. The van der Waals surface area contributed by atoms with Gasteiger partial charge in [0.05, 0.1) is 26.4 Å². The van der Waals surface area contributed by atoms with Crippen LogP contribution in [0.25, 0.3) is 0 Å². The first-order valence-electron chi connectivity index (χ1n) is 43.4. The summed E-state index contributed by atoms with van der Waals surface area (Å²) in [6.07, 6.45) is 63.7. The minimum absolute atomic E-state index is 0.108. The van der Waals surface area contributed by atoms with Crippen LogP contribution >= 0.6 is 15.6 Å². The summed E-state index contributed by atoms with van der Waals surface area (Å²) in [5.41, 5.74) is 0. The van der Waals surface area contributed by atoms with Crippen LogP contribution in [-0.4, -0.2) is 96.7 Å².